The molecule has 3 heteroatoms. The van der Waals surface area contributed by atoms with Crippen molar-refractivity contribution in [3.05, 3.63) is 133 Å². The molecule has 0 nitrogen and oxygen atoms in total. The van der Waals surface area contributed by atoms with Crippen molar-refractivity contribution in [2.24, 2.45) is 11.3 Å². The van der Waals surface area contributed by atoms with Crippen LogP contribution in [0.25, 0.3) is 11.1 Å². The number of benzene rings is 4. The second kappa shape index (κ2) is 15.3. The fraction of sp³-hybridized carbons (Fsp3) is 0.463. The number of halogens is 2. The Morgan fingerprint density at radius 3 is 1.37 bits per heavy atom. The fourth-order valence-corrected chi connectivity index (χ4v) is 27.5. The SMILES string of the molecule is Cl.Cl.[CH2]=[Zr]([C]1=C(CC)C(C(C)(C)C)=CC1C)([c]1ccc(C(C)(C)C)cc1)([c]1ccc(C(C)(C)C)cc1)[c]1cc(C(C)(C)C)cc2c1Cc1ccc(C(C)(C)C)cc1-2. The molecule has 4 aromatic carbocycles. The van der Waals surface area contributed by atoms with Crippen LogP contribution in [0.2, 0.25) is 0 Å². The van der Waals surface area contributed by atoms with Crippen LogP contribution in [-0.2, 0) is 46.4 Å². The molecule has 1 unspecified atom stereocenters. The zero-order valence-electron chi connectivity index (χ0n) is 38.6. The van der Waals surface area contributed by atoms with Crippen molar-refractivity contribution in [3.63, 3.8) is 0 Å². The van der Waals surface area contributed by atoms with Crippen LogP contribution in [0.1, 0.15) is 158 Å². The molecule has 6 rings (SSSR count). The van der Waals surface area contributed by atoms with E-state index in [-0.39, 0.29) is 57.8 Å². The van der Waals surface area contributed by atoms with E-state index in [1.165, 1.54) is 56.6 Å². The molecule has 0 heterocycles. The summed E-state index contributed by atoms with van der Waals surface area (Å²) in [6, 6.07) is 32.5. The first-order chi connectivity index (χ1) is 25.1. The van der Waals surface area contributed by atoms with Crippen molar-refractivity contribution in [1.82, 2.24) is 0 Å². The van der Waals surface area contributed by atoms with E-state index in [0.717, 1.165) is 12.8 Å². The van der Waals surface area contributed by atoms with E-state index in [9.17, 15) is 0 Å². The monoisotopic (exact) mass is 882 g/mol. The summed E-state index contributed by atoms with van der Waals surface area (Å²) in [5.41, 5.74) is 14.6. The van der Waals surface area contributed by atoms with E-state index >= 15 is 0 Å². The Kier molecular flexibility index (Phi) is 12.7. The fourth-order valence-electron chi connectivity index (χ4n) is 10.0. The summed E-state index contributed by atoms with van der Waals surface area (Å²) in [5, 5.41) is 0. The third-order valence-corrected chi connectivity index (χ3v) is 30.1. The Morgan fingerprint density at radius 1 is 0.544 bits per heavy atom. The average Bonchev–Trinajstić information content (AvgIpc) is 3.63. The predicted molar refractivity (Wildman–Crippen MR) is 257 cm³/mol. The van der Waals surface area contributed by atoms with E-state index in [1.807, 2.05) is 0 Å². The Morgan fingerprint density at radius 2 is 0.965 bits per heavy atom. The Labute approximate surface area is 361 Å². The van der Waals surface area contributed by atoms with Crippen LogP contribution in [0.5, 0.6) is 0 Å². The molecule has 2 aliphatic rings. The third-order valence-electron chi connectivity index (χ3n) is 13.4. The molecule has 308 valence electrons. The normalized spacial score (nSPS) is 16.5. The summed E-state index contributed by atoms with van der Waals surface area (Å²) in [7, 11) is 0. The molecular weight excluding hydrogens is 811 g/mol. The molecule has 1 atom stereocenters. The molecular formula is C54H74Cl2Zr. The molecule has 0 bridgehead atoms. The minimum absolute atomic E-state index is 0. The first-order valence-electron chi connectivity index (χ1n) is 21.1. The van der Waals surface area contributed by atoms with Gasteiger partial charge in [0.25, 0.3) is 0 Å². The first-order valence-corrected chi connectivity index (χ1v) is 27.8. The zero-order valence-corrected chi connectivity index (χ0v) is 42.7. The van der Waals surface area contributed by atoms with Crippen LogP contribution in [-0.4, -0.2) is 4.21 Å². The van der Waals surface area contributed by atoms with Crippen molar-refractivity contribution >= 4 is 38.8 Å². The minimum atomic E-state index is -5.23. The summed E-state index contributed by atoms with van der Waals surface area (Å²) in [4.78, 5) is 0. The maximum absolute atomic E-state index is 6.08. The molecule has 0 aromatic heterocycles. The van der Waals surface area contributed by atoms with Crippen LogP contribution in [0.4, 0.5) is 0 Å². The van der Waals surface area contributed by atoms with Gasteiger partial charge in [-0.2, -0.15) is 0 Å². The van der Waals surface area contributed by atoms with Gasteiger partial charge in [0.2, 0.25) is 0 Å². The molecule has 0 amide bonds. The molecule has 0 aliphatic heterocycles. The molecule has 0 saturated heterocycles. The van der Waals surface area contributed by atoms with Crippen LogP contribution >= 0.6 is 24.8 Å². The third kappa shape index (κ3) is 7.91. The quantitative estimate of drug-likeness (QED) is 0.165. The Hall–Kier alpha value is -2.31. The zero-order chi connectivity index (χ0) is 40.9. The van der Waals surface area contributed by atoms with Crippen LogP contribution < -0.4 is 9.81 Å². The van der Waals surface area contributed by atoms with Gasteiger partial charge in [-0.05, 0) is 0 Å². The molecule has 0 spiro atoms. The van der Waals surface area contributed by atoms with Gasteiger partial charge in [0.1, 0.15) is 0 Å². The maximum atomic E-state index is 6.08. The molecule has 0 fully saturated rings. The number of rotatable bonds is 5. The molecule has 0 N–H and O–H groups in total. The number of hydrogen-bond acceptors (Lipinski definition) is 0. The van der Waals surface area contributed by atoms with E-state index < -0.39 is 18.3 Å². The van der Waals surface area contributed by atoms with Gasteiger partial charge in [0, 0.05) is 0 Å². The summed E-state index contributed by atoms with van der Waals surface area (Å²) in [5.74, 6) is 0.266. The summed E-state index contributed by atoms with van der Waals surface area (Å²) in [6.07, 6.45) is 4.58. The topological polar surface area (TPSA) is 0 Å². The van der Waals surface area contributed by atoms with Gasteiger partial charge < -0.3 is 0 Å². The van der Waals surface area contributed by atoms with Gasteiger partial charge in [-0.25, -0.2) is 0 Å². The van der Waals surface area contributed by atoms with Gasteiger partial charge in [-0.15, -0.1) is 24.8 Å². The average molecular weight is 885 g/mol. The Bertz CT molecular complexity index is 2210. The second-order valence-electron chi connectivity index (χ2n) is 22.6. The molecule has 2 aliphatic carbocycles. The first kappa shape index (κ1) is 47.4. The van der Waals surface area contributed by atoms with Gasteiger partial charge >= 0.3 is 340 Å². The molecule has 4 aromatic rings. The summed E-state index contributed by atoms with van der Waals surface area (Å²) >= 11 is -5.23. The van der Waals surface area contributed by atoms with E-state index in [0.29, 0.717) is 0 Å². The second-order valence-corrected chi connectivity index (χ2v) is 35.2. The van der Waals surface area contributed by atoms with Crippen molar-refractivity contribution in [2.45, 2.75) is 152 Å². The van der Waals surface area contributed by atoms with Gasteiger partial charge in [-0.3, -0.25) is 0 Å². The van der Waals surface area contributed by atoms with Crippen molar-refractivity contribution in [3.8, 4) is 11.1 Å². The number of hydrogen-bond donors (Lipinski definition) is 0. The van der Waals surface area contributed by atoms with Gasteiger partial charge in [0.05, 0.1) is 0 Å². The van der Waals surface area contributed by atoms with Crippen molar-refractivity contribution in [2.75, 3.05) is 0 Å². The van der Waals surface area contributed by atoms with Crippen molar-refractivity contribution < 1.29 is 18.3 Å². The summed E-state index contributed by atoms with van der Waals surface area (Å²) < 4.78 is 12.2. The van der Waals surface area contributed by atoms with Gasteiger partial charge in [0.15, 0.2) is 0 Å². The standard InChI is InChI=1S/C21H25.C12H19.2C10H13.CH2.2ClH.Zr/c1-20(2,3)16-9-7-14-11-15-8-10-17(21(4,5)6)13-19(15)18(14)12-16;1-6-10-7-9(2)8-11(10)12(3,4)5;2*1-10(2,3)9-7-5-4-6-8-9;;;;/h7,9-10,12-13H,11H2,1-6H3;8-9H,6H2,1-5H3;2*5-8H,1-3H3;1H2;2*1H;. The molecule has 0 radical (unpaired) electrons. The van der Waals surface area contributed by atoms with Crippen LogP contribution in [0.15, 0.2) is 99.4 Å². The van der Waals surface area contributed by atoms with Crippen LogP contribution in [0, 0.1) is 11.3 Å². The predicted octanol–water partition coefficient (Wildman–Crippen LogP) is 14.0. The molecule has 57 heavy (non-hydrogen) atoms. The van der Waals surface area contributed by atoms with Crippen LogP contribution in [0.3, 0.4) is 0 Å². The van der Waals surface area contributed by atoms with Crippen molar-refractivity contribution in [1.29, 1.82) is 0 Å². The Balaban J connectivity index is 0.00000360. The molecule has 0 saturated carbocycles. The van der Waals surface area contributed by atoms with E-state index in [2.05, 4.69) is 203 Å². The number of allylic oxidation sites excluding steroid dienone is 4. The summed E-state index contributed by atoms with van der Waals surface area (Å²) in [6.45, 7) is 40.4. The van der Waals surface area contributed by atoms with E-state index in [4.69, 9.17) is 4.21 Å². The van der Waals surface area contributed by atoms with Gasteiger partial charge in [-0.1, -0.05) is 0 Å². The van der Waals surface area contributed by atoms with E-state index in [1.54, 1.807) is 12.1 Å². The number of fused-ring (bicyclic) bond motifs is 3.